The van der Waals surface area contributed by atoms with Gasteiger partial charge in [0, 0.05) is 16.0 Å². The molecule has 0 aliphatic heterocycles. The van der Waals surface area contributed by atoms with Gasteiger partial charge >= 0.3 is 0 Å². The van der Waals surface area contributed by atoms with E-state index >= 15 is 0 Å². The Balaban J connectivity index is 2.66. The van der Waals surface area contributed by atoms with Gasteiger partial charge in [-0.2, -0.15) is 0 Å². The predicted octanol–water partition coefficient (Wildman–Crippen LogP) is 4.65. The summed E-state index contributed by atoms with van der Waals surface area (Å²) in [5.41, 5.74) is 11.1. The van der Waals surface area contributed by atoms with Gasteiger partial charge in [0.15, 0.2) is 0 Å². The van der Waals surface area contributed by atoms with E-state index in [1.54, 1.807) is 0 Å². The zero-order valence-electron chi connectivity index (χ0n) is 10.3. The fraction of sp³-hybridized carbons (Fsp3) is 0.200. The Morgan fingerprint density at radius 3 is 2.67 bits per heavy atom. The first-order chi connectivity index (χ1) is 8.56. The van der Waals surface area contributed by atoms with Crippen LogP contribution in [0.25, 0.3) is 11.1 Å². The van der Waals surface area contributed by atoms with Crippen molar-refractivity contribution in [2.45, 2.75) is 20.4 Å². The molecule has 0 unspecified atom stereocenters. The molecule has 3 heteroatoms. The number of hydrogen-bond acceptors (Lipinski definition) is 1. The van der Waals surface area contributed by atoms with E-state index in [-0.39, 0.29) is 0 Å². The van der Waals surface area contributed by atoms with Crippen molar-refractivity contribution in [3.63, 3.8) is 0 Å². The third-order valence-electron chi connectivity index (χ3n) is 3.08. The van der Waals surface area contributed by atoms with Crippen molar-refractivity contribution in [1.29, 1.82) is 0 Å². The maximum Gasteiger partial charge on any atom is 0.0476 e. The molecule has 0 fully saturated rings. The van der Waals surface area contributed by atoms with E-state index < -0.39 is 0 Å². The summed E-state index contributed by atoms with van der Waals surface area (Å²) in [4.78, 5) is 0. The summed E-state index contributed by atoms with van der Waals surface area (Å²) in [5.74, 6) is 0. The molecule has 0 heterocycles. The number of rotatable bonds is 2. The maximum absolute atomic E-state index is 6.29. The molecule has 0 amide bonds. The maximum atomic E-state index is 6.29. The molecule has 1 radical (unpaired) electrons. The van der Waals surface area contributed by atoms with Crippen LogP contribution in [0.3, 0.4) is 0 Å². The monoisotopic (exact) mass is 322 g/mol. The Hall–Kier alpha value is -0.830. The summed E-state index contributed by atoms with van der Waals surface area (Å²) in [6.45, 7) is 4.50. The van der Waals surface area contributed by atoms with Gasteiger partial charge in [0.1, 0.15) is 0 Å². The van der Waals surface area contributed by atoms with Crippen LogP contribution in [0.5, 0.6) is 0 Å². The molecule has 2 rings (SSSR count). The van der Waals surface area contributed by atoms with Crippen LogP contribution in [0.15, 0.2) is 28.7 Å². The minimum Gasteiger partial charge on any atom is -0.326 e. The van der Waals surface area contributed by atoms with E-state index in [0.29, 0.717) is 6.54 Å². The van der Waals surface area contributed by atoms with E-state index in [4.69, 9.17) is 17.3 Å². The molecule has 0 bridgehead atoms. The van der Waals surface area contributed by atoms with Crippen molar-refractivity contribution < 1.29 is 0 Å². The van der Waals surface area contributed by atoms with Gasteiger partial charge in [-0.15, -0.1) is 0 Å². The Morgan fingerprint density at radius 2 is 2.00 bits per heavy atom. The molecule has 18 heavy (non-hydrogen) atoms. The highest BCUT2D eigenvalue weighted by atomic mass is 79.9. The first-order valence-corrected chi connectivity index (χ1v) is 6.88. The summed E-state index contributed by atoms with van der Waals surface area (Å²) in [6.07, 6.45) is 0. The van der Waals surface area contributed by atoms with Gasteiger partial charge in [-0.3, -0.25) is 0 Å². The Bertz CT molecular complexity index is 593. The third-order valence-corrected chi connectivity index (χ3v) is 4.59. The van der Waals surface area contributed by atoms with Crippen molar-refractivity contribution in [1.82, 2.24) is 0 Å². The van der Waals surface area contributed by atoms with E-state index in [9.17, 15) is 0 Å². The van der Waals surface area contributed by atoms with Gasteiger partial charge in [-0.05, 0) is 69.7 Å². The second-order valence-electron chi connectivity index (χ2n) is 4.25. The molecule has 0 aliphatic carbocycles. The molecule has 2 aromatic carbocycles. The van der Waals surface area contributed by atoms with Crippen LogP contribution in [0, 0.1) is 19.9 Å². The second-order valence-corrected chi connectivity index (χ2v) is 5.42. The van der Waals surface area contributed by atoms with E-state index in [0.717, 1.165) is 37.3 Å². The van der Waals surface area contributed by atoms with Crippen molar-refractivity contribution in [2.24, 2.45) is 5.73 Å². The van der Waals surface area contributed by atoms with Crippen molar-refractivity contribution >= 4 is 27.5 Å². The van der Waals surface area contributed by atoms with Gasteiger partial charge in [0.25, 0.3) is 0 Å². The average molecular weight is 324 g/mol. The molecular formula is C15H14BrClN. The minimum absolute atomic E-state index is 0.511. The summed E-state index contributed by atoms with van der Waals surface area (Å²) < 4.78 is 1.03. The van der Waals surface area contributed by atoms with Crippen molar-refractivity contribution in [2.75, 3.05) is 0 Å². The standard InChI is InChI=1S/C15H14BrClN/c1-9-6-7-12(10(2)15(9)17)13-5-3-4-11(8-18)14(13)16/h3-5,7H,8,18H2,1-2H3. The molecule has 0 aliphatic rings. The Labute approximate surface area is 121 Å². The molecular weight excluding hydrogens is 310 g/mol. The summed E-state index contributed by atoms with van der Waals surface area (Å²) in [5, 5.41) is 0.776. The molecule has 2 N–H and O–H groups in total. The molecule has 2 aromatic rings. The van der Waals surface area contributed by atoms with Crippen LogP contribution in [0.2, 0.25) is 5.02 Å². The van der Waals surface area contributed by atoms with E-state index in [2.05, 4.69) is 28.1 Å². The fourth-order valence-electron chi connectivity index (χ4n) is 1.98. The fourth-order valence-corrected chi connectivity index (χ4v) is 2.77. The van der Waals surface area contributed by atoms with Crippen LogP contribution >= 0.6 is 27.5 Å². The van der Waals surface area contributed by atoms with Gasteiger partial charge in [-0.1, -0.05) is 29.8 Å². The zero-order valence-corrected chi connectivity index (χ0v) is 12.7. The summed E-state index contributed by atoms with van der Waals surface area (Å²) in [6, 6.07) is 11.3. The van der Waals surface area contributed by atoms with Crippen LogP contribution < -0.4 is 5.73 Å². The number of halogens is 2. The largest absolute Gasteiger partial charge is 0.326 e. The smallest absolute Gasteiger partial charge is 0.0476 e. The van der Waals surface area contributed by atoms with Gasteiger partial charge in [0.2, 0.25) is 0 Å². The zero-order chi connectivity index (χ0) is 13.3. The first kappa shape index (κ1) is 13.6. The van der Waals surface area contributed by atoms with Gasteiger partial charge < -0.3 is 5.73 Å². The lowest BCUT2D eigenvalue weighted by Crippen LogP contribution is -1.98. The van der Waals surface area contributed by atoms with E-state index in [1.807, 2.05) is 32.0 Å². The average Bonchev–Trinajstić information content (AvgIpc) is 2.37. The number of benzene rings is 2. The molecule has 0 spiro atoms. The highest BCUT2D eigenvalue weighted by Crippen LogP contribution is 2.36. The molecule has 0 saturated carbocycles. The number of hydrogen-bond donors (Lipinski definition) is 1. The number of aryl methyl sites for hydroxylation is 1. The lowest BCUT2D eigenvalue weighted by atomic mass is 9.97. The van der Waals surface area contributed by atoms with E-state index in [1.165, 1.54) is 0 Å². The quantitative estimate of drug-likeness (QED) is 0.855. The minimum atomic E-state index is 0.511. The highest BCUT2D eigenvalue weighted by molar-refractivity contribution is 9.10. The van der Waals surface area contributed by atoms with Crippen molar-refractivity contribution in [3.8, 4) is 11.1 Å². The van der Waals surface area contributed by atoms with Crippen LogP contribution in [-0.4, -0.2) is 0 Å². The van der Waals surface area contributed by atoms with Crippen LogP contribution in [-0.2, 0) is 6.54 Å². The number of nitrogens with two attached hydrogens (primary N) is 1. The molecule has 1 nitrogen and oxygen atoms in total. The lowest BCUT2D eigenvalue weighted by Gasteiger charge is -2.13. The summed E-state index contributed by atoms with van der Waals surface area (Å²) >= 11 is 9.91. The first-order valence-electron chi connectivity index (χ1n) is 5.71. The summed E-state index contributed by atoms with van der Waals surface area (Å²) in [7, 11) is 0. The Kier molecular flexibility index (Phi) is 4.10. The third kappa shape index (κ3) is 2.33. The normalized spacial score (nSPS) is 10.7. The van der Waals surface area contributed by atoms with Crippen LogP contribution in [0.1, 0.15) is 16.7 Å². The Morgan fingerprint density at radius 1 is 1.28 bits per heavy atom. The predicted molar refractivity (Wildman–Crippen MR) is 80.8 cm³/mol. The van der Waals surface area contributed by atoms with Crippen LogP contribution in [0.4, 0.5) is 0 Å². The topological polar surface area (TPSA) is 26.0 Å². The van der Waals surface area contributed by atoms with Gasteiger partial charge in [-0.25, -0.2) is 0 Å². The van der Waals surface area contributed by atoms with Gasteiger partial charge in [0.05, 0.1) is 0 Å². The molecule has 0 atom stereocenters. The molecule has 0 aromatic heterocycles. The lowest BCUT2D eigenvalue weighted by molar-refractivity contribution is 1.06. The van der Waals surface area contributed by atoms with Crippen molar-refractivity contribution in [3.05, 3.63) is 56.5 Å². The molecule has 0 saturated heterocycles. The highest BCUT2D eigenvalue weighted by Gasteiger charge is 2.12. The SMILES string of the molecule is Cc1[c]cc(-c2cccc(CN)c2Br)c(C)c1Cl. The second kappa shape index (κ2) is 5.43. The molecule has 93 valence electrons.